The fourth-order valence-corrected chi connectivity index (χ4v) is 4.32. The summed E-state index contributed by atoms with van der Waals surface area (Å²) in [6.45, 7) is 10.9. The summed E-state index contributed by atoms with van der Waals surface area (Å²) in [6.07, 6.45) is 0. The van der Waals surface area contributed by atoms with E-state index in [2.05, 4.69) is 39.0 Å². The zero-order chi connectivity index (χ0) is 26.0. The summed E-state index contributed by atoms with van der Waals surface area (Å²) in [5.41, 5.74) is 2.11. The summed E-state index contributed by atoms with van der Waals surface area (Å²) >= 11 is 0. The lowest BCUT2D eigenvalue weighted by Crippen LogP contribution is -2.44. The molecular formula is C26H35NO7Si. The minimum atomic E-state index is -2.13. The van der Waals surface area contributed by atoms with E-state index >= 15 is 0 Å². The van der Waals surface area contributed by atoms with Gasteiger partial charge in [0, 0.05) is 17.2 Å². The molecule has 0 saturated heterocycles. The SMILES string of the molecule is COc1cc(-c2cc(-c3cc(OC)c(O[Si](C)(C)C(C)(C)C)c(OC)c3)on2)cc(OC)c1OC. The molecule has 0 radical (unpaired) electrons. The van der Waals surface area contributed by atoms with Crippen molar-refractivity contribution in [1.82, 2.24) is 5.16 Å². The number of hydrogen-bond donors (Lipinski definition) is 0. The summed E-state index contributed by atoms with van der Waals surface area (Å²) in [4.78, 5) is 0. The Hall–Kier alpha value is -3.33. The number of benzene rings is 2. The topological polar surface area (TPSA) is 81.4 Å². The average Bonchev–Trinajstić information content (AvgIpc) is 3.32. The number of nitrogens with zero attached hydrogens (tertiary/aromatic N) is 1. The Kier molecular flexibility index (Phi) is 7.59. The van der Waals surface area contributed by atoms with Crippen LogP contribution in [0.2, 0.25) is 18.1 Å². The highest BCUT2D eigenvalue weighted by Crippen LogP contribution is 2.47. The molecule has 35 heavy (non-hydrogen) atoms. The van der Waals surface area contributed by atoms with Crippen molar-refractivity contribution in [3.8, 4) is 57.1 Å². The lowest BCUT2D eigenvalue weighted by molar-refractivity contribution is 0.324. The molecule has 190 valence electrons. The van der Waals surface area contributed by atoms with E-state index in [0.717, 1.165) is 11.1 Å². The molecule has 1 heterocycles. The van der Waals surface area contributed by atoms with Gasteiger partial charge in [0.2, 0.25) is 5.75 Å². The molecule has 0 N–H and O–H groups in total. The highest BCUT2D eigenvalue weighted by atomic mass is 28.4. The molecule has 9 heteroatoms. The first-order chi connectivity index (χ1) is 16.5. The Morgan fingerprint density at radius 2 is 1.11 bits per heavy atom. The molecule has 0 amide bonds. The highest BCUT2D eigenvalue weighted by Gasteiger charge is 2.40. The van der Waals surface area contributed by atoms with Gasteiger partial charge in [-0.05, 0) is 42.4 Å². The number of rotatable bonds is 9. The second-order valence-corrected chi connectivity index (χ2v) is 14.3. The molecule has 3 rings (SSSR count). The van der Waals surface area contributed by atoms with E-state index in [1.165, 1.54) is 0 Å². The molecule has 0 unspecified atom stereocenters. The third-order valence-corrected chi connectivity index (χ3v) is 10.7. The van der Waals surface area contributed by atoms with Crippen molar-refractivity contribution < 1.29 is 32.6 Å². The Bertz CT molecular complexity index is 1130. The fraction of sp³-hybridized carbons (Fsp3) is 0.423. The Labute approximate surface area is 208 Å². The summed E-state index contributed by atoms with van der Waals surface area (Å²) in [6, 6.07) is 9.21. The largest absolute Gasteiger partial charge is 0.539 e. The van der Waals surface area contributed by atoms with Crippen LogP contribution in [0.1, 0.15) is 20.8 Å². The van der Waals surface area contributed by atoms with Crippen molar-refractivity contribution in [1.29, 1.82) is 0 Å². The predicted molar refractivity (Wildman–Crippen MR) is 138 cm³/mol. The normalized spacial score (nSPS) is 11.7. The molecule has 8 nitrogen and oxygen atoms in total. The zero-order valence-corrected chi connectivity index (χ0v) is 23.2. The second-order valence-electron chi connectivity index (χ2n) is 9.56. The van der Waals surface area contributed by atoms with Gasteiger partial charge in [0.25, 0.3) is 8.32 Å². The van der Waals surface area contributed by atoms with Crippen LogP contribution in [-0.2, 0) is 0 Å². The van der Waals surface area contributed by atoms with Gasteiger partial charge >= 0.3 is 0 Å². The van der Waals surface area contributed by atoms with Gasteiger partial charge in [-0.25, -0.2) is 0 Å². The van der Waals surface area contributed by atoms with Crippen LogP contribution in [0.3, 0.4) is 0 Å². The minimum absolute atomic E-state index is 0.0159. The Balaban J connectivity index is 2.05. The van der Waals surface area contributed by atoms with Gasteiger partial charge in [0.05, 0.1) is 35.5 Å². The third-order valence-electron chi connectivity index (χ3n) is 6.38. The fourth-order valence-electron chi connectivity index (χ4n) is 3.31. The number of methoxy groups -OCH3 is 5. The number of hydrogen-bond acceptors (Lipinski definition) is 8. The minimum Gasteiger partial charge on any atom is -0.539 e. The van der Waals surface area contributed by atoms with Crippen LogP contribution in [0, 0.1) is 0 Å². The molecule has 0 aliphatic rings. The van der Waals surface area contributed by atoms with Crippen LogP contribution in [0.5, 0.6) is 34.5 Å². The van der Waals surface area contributed by atoms with Crippen molar-refractivity contribution in [2.24, 2.45) is 0 Å². The van der Waals surface area contributed by atoms with Crippen LogP contribution in [0.25, 0.3) is 22.6 Å². The van der Waals surface area contributed by atoms with E-state index in [4.69, 9.17) is 32.6 Å². The molecule has 0 fully saturated rings. The predicted octanol–water partition coefficient (Wildman–Crippen LogP) is 6.44. The first kappa shape index (κ1) is 26.3. The summed E-state index contributed by atoms with van der Waals surface area (Å²) in [5, 5.41) is 4.28. The number of aromatic nitrogens is 1. The van der Waals surface area contributed by atoms with E-state index in [1.807, 2.05) is 30.3 Å². The van der Waals surface area contributed by atoms with E-state index in [-0.39, 0.29) is 5.04 Å². The maximum atomic E-state index is 6.55. The van der Waals surface area contributed by atoms with Gasteiger partial charge < -0.3 is 32.6 Å². The van der Waals surface area contributed by atoms with Gasteiger partial charge in [-0.1, -0.05) is 25.9 Å². The van der Waals surface area contributed by atoms with Crippen LogP contribution >= 0.6 is 0 Å². The lowest BCUT2D eigenvalue weighted by atomic mass is 10.1. The van der Waals surface area contributed by atoms with E-state index in [1.54, 1.807) is 35.5 Å². The van der Waals surface area contributed by atoms with Gasteiger partial charge in [-0.3, -0.25) is 0 Å². The van der Waals surface area contributed by atoms with Crippen LogP contribution in [-0.4, -0.2) is 49.0 Å². The van der Waals surface area contributed by atoms with Crippen molar-refractivity contribution in [3.05, 3.63) is 30.3 Å². The second kappa shape index (κ2) is 10.1. The third kappa shape index (κ3) is 5.19. The molecule has 0 bridgehead atoms. The lowest BCUT2D eigenvalue weighted by Gasteiger charge is -2.37. The molecular weight excluding hydrogens is 466 g/mol. The first-order valence-corrected chi connectivity index (χ1v) is 14.1. The Morgan fingerprint density at radius 1 is 0.657 bits per heavy atom. The van der Waals surface area contributed by atoms with E-state index in [0.29, 0.717) is 46.0 Å². The number of ether oxygens (including phenoxy) is 5. The average molecular weight is 502 g/mol. The summed E-state index contributed by atoms with van der Waals surface area (Å²) in [5.74, 6) is 3.83. The first-order valence-electron chi connectivity index (χ1n) is 11.2. The monoisotopic (exact) mass is 501 g/mol. The van der Waals surface area contributed by atoms with Crippen LogP contribution in [0.4, 0.5) is 0 Å². The maximum Gasteiger partial charge on any atom is 0.250 e. The molecule has 0 saturated carbocycles. The molecule has 2 aromatic carbocycles. The maximum absolute atomic E-state index is 6.55. The van der Waals surface area contributed by atoms with Crippen LogP contribution in [0.15, 0.2) is 34.9 Å². The molecule has 3 aromatic rings. The standard InChI is InChI=1S/C26H35NO7Si/c1-26(2,3)35(9,10)34-25-22(30-6)13-17(14-23(25)31-7)19-15-18(27-33-19)16-11-20(28-4)24(32-8)21(12-16)29-5/h11-15H,1-10H3. The van der Waals surface area contributed by atoms with Gasteiger partial charge in [0.15, 0.2) is 34.5 Å². The van der Waals surface area contributed by atoms with Gasteiger partial charge in [0.1, 0.15) is 5.69 Å². The van der Waals surface area contributed by atoms with Gasteiger partial charge in [-0.15, -0.1) is 0 Å². The Morgan fingerprint density at radius 3 is 1.54 bits per heavy atom. The van der Waals surface area contributed by atoms with Crippen molar-refractivity contribution >= 4 is 8.32 Å². The van der Waals surface area contributed by atoms with Crippen molar-refractivity contribution in [2.75, 3.05) is 35.5 Å². The quantitative estimate of drug-likeness (QED) is 0.310. The van der Waals surface area contributed by atoms with E-state index in [9.17, 15) is 0 Å². The molecule has 1 aromatic heterocycles. The summed E-state index contributed by atoms with van der Waals surface area (Å²) < 4.78 is 40.0. The highest BCUT2D eigenvalue weighted by molar-refractivity contribution is 6.74. The molecule has 0 aliphatic heterocycles. The van der Waals surface area contributed by atoms with Crippen molar-refractivity contribution in [2.45, 2.75) is 38.9 Å². The smallest absolute Gasteiger partial charge is 0.250 e. The van der Waals surface area contributed by atoms with Crippen LogP contribution < -0.4 is 28.1 Å². The molecule has 0 spiro atoms. The summed E-state index contributed by atoms with van der Waals surface area (Å²) in [7, 11) is 5.79. The molecule has 0 atom stereocenters. The van der Waals surface area contributed by atoms with Crippen molar-refractivity contribution in [3.63, 3.8) is 0 Å². The van der Waals surface area contributed by atoms with Gasteiger partial charge in [-0.2, -0.15) is 0 Å². The van der Waals surface area contributed by atoms with E-state index < -0.39 is 8.32 Å². The zero-order valence-electron chi connectivity index (χ0n) is 22.2. The molecule has 0 aliphatic carbocycles.